The SMILES string of the molecule is Cc1ccsc1C1CC1C(=O)Nc1ccc(C(=O)NCCC(=O)O)cc1. The third-order valence-corrected chi connectivity index (χ3v) is 5.56. The van der Waals surface area contributed by atoms with Gasteiger partial charge in [-0.2, -0.15) is 0 Å². The van der Waals surface area contributed by atoms with Crippen LogP contribution in [0.3, 0.4) is 0 Å². The first-order valence-corrected chi connectivity index (χ1v) is 9.28. The van der Waals surface area contributed by atoms with Gasteiger partial charge in [-0.25, -0.2) is 0 Å². The summed E-state index contributed by atoms with van der Waals surface area (Å²) in [6, 6.07) is 8.65. The molecule has 6 nitrogen and oxygen atoms in total. The number of aryl methyl sites for hydroxylation is 1. The molecule has 1 heterocycles. The van der Waals surface area contributed by atoms with E-state index in [1.165, 1.54) is 10.4 Å². The first-order chi connectivity index (χ1) is 12.5. The Bertz CT molecular complexity index is 828. The first-order valence-electron chi connectivity index (χ1n) is 8.40. The van der Waals surface area contributed by atoms with Gasteiger partial charge in [0, 0.05) is 34.5 Å². The quantitative estimate of drug-likeness (QED) is 0.696. The average molecular weight is 372 g/mol. The largest absolute Gasteiger partial charge is 0.481 e. The van der Waals surface area contributed by atoms with Crippen LogP contribution < -0.4 is 10.6 Å². The molecule has 2 amide bonds. The van der Waals surface area contributed by atoms with Crippen molar-refractivity contribution < 1.29 is 19.5 Å². The third-order valence-electron chi connectivity index (χ3n) is 4.40. The van der Waals surface area contributed by atoms with Crippen LogP contribution in [0.15, 0.2) is 35.7 Å². The van der Waals surface area contributed by atoms with Gasteiger partial charge in [-0.15, -0.1) is 11.3 Å². The zero-order valence-corrected chi connectivity index (χ0v) is 15.1. The van der Waals surface area contributed by atoms with Crippen molar-refractivity contribution in [3.8, 4) is 0 Å². The standard InChI is InChI=1S/C19H20N2O4S/c1-11-7-9-26-17(11)14-10-15(14)19(25)21-13-4-2-12(3-5-13)18(24)20-8-6-16(22)23/h2-5,7,9,14-15H,6,8,10H2,1H3,(H,20,24)(H,21,25)(H,22,23). The molecule has 1 aromatic carbocycles. The van der Waals surface area contributed by atoms with Gasteiger partial charge in [-0.05, 0) is 54.6 Å². The number of carbonyl (C=O) groups is 3. The number of hydrogen-bond acceptors (Lipinski definition) is 4. The molecule has 0 radical (unpaired) electrons. The lowest BCUT2D eigenvalue weighted by atomic mass is 10.1. The van der Waals surface area contributed by atoms with Gasteiger partial charge in [0.2, 0.25) is 5.91 Å². The lowest BCUT2D eigenvalue weighted by Gasteiger charge is -2.07. The zero-order valence-electron chi connectivity index (χ0n) is 14.3. The molecule has 136 valence electrons. The fraction of sp³-hybridized carbons (Fsp3) is 0.316. The van der Waals surface area contributed by atoms with E-state index in [4.69, 9.17) is 5.11 Å². The van der Waals surface area contributed by atoms with Crippen LogP contribution in [0.4, 0.5) is 5.69 Å². The highest BCUT2D eigenvalue weighted by Gasteiger charge is 2.45. The summed E-state index contributed by atoms with van der Waals surface area (Å²) in [6.07, 6.45) is 0.753. The van der Waals surface area contributed by atoms with E-state index in [9.17, 15) is 14.4 Å². The molecule has 1 fully saturated rings. The molecule has 1 aliphatic rings. The molecule has 26 heavy (non-hydrogen) atoms. The summed E-state index contributed by atoms with van der Waals surface area (Å²) in [5.74, 6) is -0.971. The van der Waals surface area contributed by atoms with Crippen LogP contribution >= 0.6 is 11.3 Å². The fourth-order valence-electron chi connectivity index (χ4n) is 2.86. The van der Waals surface area contributed by atoms with E-state index < -0.39 is 5.97 Å². The Morgan fingerprint density at radius 2 is 1.92 bits per heavy atom. The van der Waals surface area contributed by atoms with Gasteiger partial charge in [-0.1, -0.05) is 0 Å². The molecule has 7 heteroatoms. The predicted octanol–water partition coefficient (Wildman–Crippen LogP) is 3.00. The van der Waals surface area contributed by atoms with Gasteiger partial charge >= 0.3 is 5.97 Å². The van der Waals surface area contributed by atoms with E-state index in [2.05, 4.69) is 29.0 Å². The Hall–Kier alpha value is -2.67. The van der Waals surface area contributed by atoms with Crippen molar-refractivity contribution in [2.75, 3.05) is 11.9 Å². The number of hydrogen-bond donors (Lipinski definition) is 3. The van der Waals surface area contributed by atoms with E-state index in [1.807, 2.05) is 0 Å². The van der Waals surface area contributed by atoms with Crippen LogP contribution in [-0.2, 0) is 9.59 Å². The van der Waals surface area contributed by atoms with Crippen molar-refractivity contribution >= 4 is 34.8 Å². The number of aliphatic carboxylic acids is 1. The molecule has 3 rings (SSSR count). The maximum absolute atomic E-state index is 12.4. The molecule has 0 bridgehead atoms. The minimum absolute atomic E-state index is 0.00135. The van der Waals surface area contributed by atoms with E-state index in [1.54, 1.807) is 35.6 Å². The average Bonchev–Trinajstić information content (AvgIpc) is 3.29. The molecule has 1 saturated carbocycles. The van der Waals surface area contributed by atoms with E-state index >= 15 is 0 Å². The van der Waals surface area contributed by atoms with Gasteiger partial charge in [0.1, 0.15) is 0 Å². The van der Waals surface area contributed by atoms with Gasteiger partial charge in [0.05, 0.1) is 6.42 Å². The predicted molar refractivity (Wildman–Crippen MR) is 99.6 cm³/mol. The van der Waals surface area contributed by atoms with Crippen LogP contribution in [-0.4, -0.2) is 29.4 Å². The van der Waals surface area contributed by atoms with E-state index in [-0.39, 0.29) is 30.7 Å². The van der Waals surface area contributed by atoms with Crippen molar-refractivity contribution in [1.82, 2.24) is 5.32 Å². The van der Waals surface area contributed by atoms with Gasteiger partial charge in [-0.3, -0.25) is 14.4 Å². The number of carboxylic acid groups (broad SMARTS) is 1. The second-order valence-corrected chi connectivity index (χ2v) is 7.33. The van der Waals surface area contributed by atoms with Gasteiger partial charge in [0.15, 0.2) is 0 Å². The number of rotatable bonds is 7. The van der Waals surface area contributed by atoms with Gasteiger partial charge < -0.3 is 15.7 Å². The van der Waals surface area contributed by atoms with Crippen LogP contribution in [0.2, 0.25) is 0 Å². The van der Waals surface area contributed by atoms with Crippen LogP contribution in [0, 0.1) is 12.8 Å². The highest BCUT2D eigenvalue weighted by molar-refractivity contribution is 7.10. The molecule has 2 unspecified atom stereocenters. The topological polar surface area (TPSA) is 95.5 Å². The molecule has 2 aromatic rings. The number of carbonyl (C=O) groups excluding carboxylic acids is 2. The minimum atomic E-state index is -0.959. The molecule has 3 N–H and O–H groups in total. The minimum Gasteiger partial charge on any atom is -0.481 e. The van der Waals surface area contributed by atoms with Crippen LogP contribution in [0.1, 0.15) is 39.6 Å². The summed E-state index contributed by atoms with van der Waals surface area (Å²) in [4.78, 5) is 36.0. The maximum atomic E-state index is 12.4. The van der Waals surface area contributed by atoms with E-state index in [0.717, 1.165) is 6.42 Å². The number of benzene rings is 1. The summed E-state index contributed by atoms with van der Waals surface area (Å²) in [5, 5.41) is 16.1. The van der Waals surface area contributed by atoms with Crippen LogP contribution in [0.25, 0.3) is 0 Å². The molecule has 1 aliphatic carbocycles. The molecule has 0 aliphatic heterocycles. The zero-order chi connectivity index (χ0) is 18.7. The number of nitrogens with one attached hydrogen (secondary N) is 2. The lowest BCUT2D eigenvalue weighted by Crippen LogP contribution is -2.26. The van der Waals surface area contributed by atoms with Crippen molar-refractivity contribution in [3.63, 3.8) is 0 Å². The highest BCUT2D eigenvalue weighted by Crippen LogP contribution is 2.50. The lowest BCUT2D eigenvalue weighted by molar-refractivity contribution is -0.136. The normalized spacial score (nSPS) is 18.2. The second-order valence-electron chi connectivity index (χ2n) is 6.38. The van der Waals surface area contributed by atoms with Crippen molar-refractivity contribution in [3.05, 3.63) is 51.7 Å². The Balaban J connectivity index is 1.51. The summed E-state index contributed by atoms with van der Waals surface area (Å²) in [7, 11) is 0. The number of carboxylic acids is 1. The maximum Gasteiger partial charge on any atom is 0.305 e. The fourth-order valence-corrected chi connectivity index (χ4v) is 3.97. The smallest absolute Gasteiger partial charge is 0.305 e. The summed E-state index contributed by atoms with van der Waals surface area (Å²) in [5.41, 5.74) is 2.31. The number of amides is 2. The molecular formula is C19H20N2O4S. The van der Waals surface area contributed by atoms with Crippen molar-refractivity contribution in [1.29, 1.82) is 0 Å². The second kappa shape index (κ2) is 7.70. The Morgan fingerprint density at radius 1 is 1.19 bits per heavy atom. The summed E-state index contributed by atoms with van der Waals surface area (Å²) in [6.45, 7) is 2.15. The van der Waals surface area contributed by atoms with E-state index in [0.29, 0.717) is 17.2 Å². The summed E-state index contributed by atoms with van der Waals surface area (Å²) >= 11 is 1.70. The molecular weight excluding hydrogens is 352 g/mol. The molecule has 1 aromatic heterocycles. The van der Waals surface area contributed by atoms with Crippen molar-refractivity contribution in [2.24, 2.45) is 5.92 Å². The monoisotopic (exact) mass is 372 g/mol. The molecule has 0 spiro atoms. The van der Waals surface area contributed by atoms with Crippen LogP contribution in [0.5, 0.6) is 0 Å². The third kappa shape index (κ3) is 4.29. The number of thiophene rings is 1. The highest BCUT2D eigenvalue weighted by atomic mass is 32.1. The molecule has 0 saturated heterocycles. The van der Waals surface area contributed by atoms with Gasteiger partial charge in [0.25, 0.3) is 5.91 Å². The molecule has 2 atom stereocenters. The Labute approximate surface area is 155 Å². The Morgan fingerprint density at radius 3 is 2.54 bits per heavy atom. The Kier molecular flexibility index (Phi) is 5.37. The first kappa shape index (κ1) is 18.1. The number of anilines is 1. The van der Waals surface area contributed by atoms with Crippen molar-refractivity contribution in [2.45, 2.75) is 25.7 Å². The summed E-state index contributed by atoms with van der Waals surface area (Å²) < 4.78 is 0.